The minimum atomic E-state index is -0.136. The van der Waals surface area contributed by atoms with Gasteiger partial charge in [0.25, 0.3) is 0 Å². The number of rotatable bonds is 7. The van der Waals surface area contributed by atoms with Crippen molar-refractivity contribution < 1.29 is 9.63 Å². The van der Waals surface area contributed by atoms with Crippen LogP contribution >= 0.6 is 11.6 Å². The van der Waals surface area contributed by atoms with E-state index < -0.39 is 0 Å². The normalized spacial score (nSPS) is 11.1. The van der Waals surface area contributed by atoms with Crippen LogP contribution < -0.4 is 10.2 Å². The molecule has 6 heteroatoms. The average Bonchev–Trinajstić information content (AvgIpc) is 2.95. The van der Waals surface area contributed by atoms with Gasteiger partial charge in [-0.25, -0.2) is 0 Å². The lowest BCUT2D eigenvalue weighted by Crippen LogP contribution is -2.15. The molecule has 0 bridgehead atoms. The fraction of sp³-hybridized carbons (Fsp3) is 0.300. The molecule has 0 aliphatic rings. The SMILES string of the molecule is CC(C)CCOn1cc(CC(=O)Nc2ccncc2Cl)c2ccccc21. The predicted octanol–water partition coefficient (Wildman–Crippen LogP) is 4.35. The van der Waals surface area contributed by atoms with E-state index in [-0.39, 0.29) is 12.3 Å². The minimum absolute atomic E-state index is 0.136. The van der Waals surface area contributed by atoms with Gasteiger partial charge in [0.15, 0.2) is 0 Å². The Kier molecular flexibility index (Phi) is 5.78. The first-order valence-electron chi connectivity index (χ1n) is 8.66. The zero-order valence-electron chi connectivity index (χ0n) is 14.9. The van der Waals surface area contributed by atoms with E-state index in [0.717, 1.165) is 22.9 Å². The molecule has 0 unspecified atom stereocenters. The highest BCUT2D eigenvalue weighted by Gasteiger charge is 2.13. The zero-order valence-corrected chi connectivity index (χ0v) is 15.7. The summed E-state index contributed by atoms with van der Waals surface area (Å²) >= 11 is 6.05. The van der Waals surface area contributed by atoms with Gasteiger partial charge in [-0.2, -0.15) is 4.73 Å². The van der Waals surface area contributed by atoms with Crippen molar-refractivity contribution in [3.63, 3.8) is 0 Å². The molecule has 3 aromatic rings. The zero-order chi connectivity index (χ0) is 18.5. The number of benzene rings is 1. The predicted molar refractivity (Wildman–Crippen MR) is 104 cm³/mol. The summed E-state index contributed by atoms with van der Waals surface area (Å²) in [7, 11) is 0. The minimum Gasteiger partial charge on any atom is -0.414 e. The Balaban J connectivity index is 1.77. The second kappa shape index (κ2) is 8.23. The van der Waals surface area contributed by atoms with Gasteiger partial charge in [-0.3, -0.25) is 9.78 Å². The van der Waals surface area contributed by atoms with Crippen LogP contribution in [0.25, 0.3) is 10.9 Å². The Bertz CT molecular complexity index is 905. The number of halogens is 1. The maximum absolute atomic E-state index is 12.5. The van der Waals surface area contributed by atoms with Crippen molar-refractivity contribution in [2.45, 2.75) is 26.7 Å². The Morgan fingerprint density at radius 1 is 1.31 bits per heavy atom. The van der Waals surface area contributed by atoms with E-state index >= 15 is 0 Å². The number of hydrogen-bond donors (Lipinski definition) is 1. The fourth-order valence-electron chi connectivity index (χ4n) is 2.70. The molecule has 0 spiro atoms. The number of aromatic nitrogens is 2. The van der Waals surface area contributed by atoms with Crippen molar-refractivity contribution in [2.75, 3.05) is 11.9 Å². The van der Waals surface area contributed by atoms with E-state index in [1.807, 2.05) is 30.5 Å². The number of anilines is 1. The van der Waals surface area contributed by atoms with E-state index in [9.17, 15) is 4.79 Å². The molecule has 3 rings (SSSR count). The number of hydrogen-bond acceptors (Lipinski definition) is 3. The Morgan fingerprint density at radius 3 is 2.88 bits per heavy atom. The molecule has 0 radical (unpaired) electrons. The van der Waals surface area contributed by atoms with Crippen LogP contribution in [0.2, 0.25) is 5.02 Å². The van der Waals surface area contributed by atoms with Crippen LogP contribution in [0, 0.1) is 5.92 Å². The topological polar surface area (TPSA) is 56.1 Å². The summed E-state index contributed by atoms with van der Waals surface area (Å²) in [6.07, 6.45) is 6.20. The summed E-state index contributed by atoms with van der Waals surface area (Å²) in [6.45, 7) is 4.96. The van der Waals surface area contributed by atoms with E-state index in [2.05, 4.69) is 24.1 Å². The molecule has 0 fully saturated rings. The number of nitrogens with zero attached hydrogens (tertiary/aromatic N) is 2. The molecule has 1 aromatic carbocycles. The van der Waals surface area contributed by atoms with Crippen molar-refractivity contribution in [3.8, 4) is 0 Å². The van der Waals surface area contributed by atoms with Gasteiger partial charge in [-0.15, -0.1) is 0 Å². The first kappa shape index (κ1) is 18.3. The Morgan fingerprint density at radius 2 is 2.12 bits per heavy atom. The summed E-state index contributed by atoms with van der Waals surface area (Å²) in [5, 5.41) is 4.25. The number of carbonyl (C=O) groups is 1. The summed E-state index contributed by atoms with van der Waals surface area (Å²) in [5.41, 5.74) is 2.43. The monoisotopic (exact) mass is 371 g/mol. The van der Waals surface area contributed by atoms with Gasteiger partial charge in [-0.05, 0) is 30.0 Å². The second-order valence-corrected chi connectivity index (χ2v) is 7.00. The van der Waals surface area contributed by atoms with E-state index in [0.29, 0.717) is 23.2 Å². The largest absolute Gasteiger partial charge is 0.414 e. The Hall–Kier alpha value is -2.53. The number of pyridine rings is 1. The highest BCUT2D eigenvalue weighted by atomic mass is 35.5. The highest BCUT2D eigenvalue weighted by molar-refractivity contribution is 6.33. The number of carbonyl (C=O) groups excluding carboxylic acids is 1. The summed E-state index contributed by atoms with van der Waals surface area (Å²) in [5.74, 6) is 0.440. The van der Waals surface area contributed by atoms with Crippen molar-refractivity contribution in [1.29, 1.82) is 0 Å². The number of amides is 1. The van der Waals surface area contributed by atoms with Gasteiger partial charge in [0.1, 0.15) is 6.61 Å². The lowest BCUT2D eigenvalue weighted by Gasteiger charge is -2.09. The first-order chi connectivity index (χ1) is 12.5. The maximum Gasteiger partial charge on any atom is 0.228 e. The molecule has 1 amide bonds. The van der Waals surface area contributed by atoms with Crippen LogP contribution in [-0.2, 0) is 11.2 Å². The molecule has 0 saturated heterocycles. The van der Waals surface area contributed by atoms with Gasteiger partial charge in [0.2, 0.25) is 5.91 Å². The van der Waals surface area contributed by atoms with Gasteiger partial charge < -0.3 is 10.2 Å². The molecule has 0 atom stereocenters. The molecule has 136 valence electrons. The summed E-state index contributed by atoms with van der Waals surface area (Å²) in [6, 6.07) is 9.59. The van der Waals surface area contributed by atoms with E-state index in [1.165, 1.54) is 6.20 Å². The third-order valence-electron chi connectivity index (χ3n) is 4.08. The average molecular weight is 372 g/mol. The molecule has 0 aliphatic heterocycles. The molecular formula is C20H22ClN3O2. The smallest absolute Gasteiger partial charge is 0.228 e. The standard InChI is InChI=1S/C20H22ClN3O2/c1-14(2)8-10-26-24-13-15(16-5-3-4-6-19(16)24)11-20(25)23-18-7-9-22-12-17(18)21/h3-7,9,12-14H,8,10-11H2,1-2H3,(H,22,23,25). The van der Waals surface area contributed by atoms with Gasteiger partial charge in [0, 0.05) is 24.0 Å². The van der Waals surface area contributed by atoms with Crippen LogP contribution in [0.15, 0.2) is 48.9 Å². The quantitative estimate of drug-likeness (QED) is 0.671. The van der Waals surface area contributed by atoms with Crippen LogP contribution in [0.4, 0.5) is 5.69 Å². The summed E-state index contributed by atoms with van der Waals surface area (Å²) in [4.78, 5) is 22.3. The van der Waals surface area contributed by atoms with Crippen LogP contribution in [0.5, 0.6) is 0 Å². The maximum atomic E-state index is 12.5. The molecule has 0 aliphatic carbocycles. The Labute approximate surface area is 157 Å². The van der Waals surface area contributed by atoms with Gasteiger partial charge in [0.05, 0.1) is 22.6 Å². The highest BCUT2D eigenvalue weighted by Crippen LogP contribution is 2.23. The van der Waals surface area contributed by atoms with E-state index in [4.69, 9.17) is 16.4 Å². The van der Waals surface area contributed by atoms with Crippen molar-refractivity contribution in [3.05, 3.63) is 59.5 Å². The van der Waals surface area contributed by atoms with Crippen LogP contribution in [-0.4, -0.2) is 22.2 Å². The van der Waals surface area contributed by atoms with Crippen LogP contribution in [0.1, 0.15) is 25.8 Å². The van der Waals surface area contributed by atoms with Crippen molar-refractivity contribution in [1.82, 2.24) is 9.71 Å². The molecular weight excluding hydrogens is 350 g/mol. The number of fused-ring (bicyclic) bond motifs is 1. The second-order valence-electron chi connectivity index (χ2n) is 6.59. The van der Waals surface area contributed by atoms with Gasteiger partial charge >= 0.3 is 0 Å². The number of para-hydroxylation sites is 1. The fourth-order valence-corrected chi connectivity index (χ4v) is 2.86. The first-order valence-corrected chi connectivity index (χ1v) is 9.04. The molecule has 1 N–H and O–H groups in total. The molecule has 2 aromatic heterocycles. The molecule has 0 saturated carbocycles. The third-order valence-corrected chi connectivity index (χ3v) is 4.38. The summed E-state index contributed by atoms with van der Waals surface area (Å²) < 4.78 is 1.76. The van der Waals surface area contributed by atoms with Crippen molar-refractivity contribution in [2.24, 2.45) is 5.92 Å². The molecule has 26 heavy (non-hydrogen) atoms. The lowest BCUT2D eigenvalue weighted by molar-refractivity contribution is -0.115. The van der Waals surface area contributed by atoms with Crippen molar-refractivity contribution >= 4 is 34.1 Å². The van der Waals surface area contributed by atoms with E-state index in [1.54, 1.807) is 17.0 Å². The van der Waals surface area contributed by atoms with Gasteiger partial charge in [-0.1, -0.05) is 43.6 Å². The van der Waals surface area contributed by atoms with Crippen LogP contribution in [0.3, 0.4) is 0 Å². The molecule has 2 heterocycles. The molecule has 5 nitrogen and oxygen atoms in total. The number of nitrogens with one attached hydrogen (secondary N) is 1. The lowest BCUT2D eigenvalue weighted by atomic mass is 10.1. The third kappa shape index (κ3) is 4.35.